The third-order valence-electron chi connectivity index (χ3n) is 4.64. The minimum Gasteiger partial charge on any atom is -0.487 e. The molecule has 1 N–H and O–H groups in total. The van der Waals surface area contributed by atoms with Crippen LogP contribution in [-0.2, 0) is 11.4 Å². The number of non-ortho nitro benzene ring substituents is 1. The molecule has 3 aromatic carbocycles. The number of ether oxygens (including phenoxy) is 1. The molecule has 7 nitrogen and oxygen atoms in total. The molecule has 0 fully saturated rings. The Hall–Kier alpha value is -2.90. The first-order valence-electron chi connectivity index (χ1n) is 9.83. The summed E-state index contributed by atoms with van der Waals surface area (Å²) in [4.78, 5) is 23.0. The van der Waals surface area contributed by atoms with Gasteiger partial charge in [-0.25, -0.2) is 0 Å². The summed E-state index contributed by atoms with van der Waals surface area (Å²) >= 11 is 19.0. The third kappa shape index (κ3) is 6.83. The van der Waals surface area contributed by atoms with E-state index in [1.807, 2.05) is 37.3 Å². The van der Waals surface area contributed by atoms with Crippen molar-refractivity contribution in [2.75, 3.05) is 5.32 Å². The Bertz CT molecular complexity index is 1360. The van der Waals surface area contributed by atoms with Gasteiger partial charge in [-0.3, -0.25) is 14.9 Å². The molecule has 178 valence electrons. The lowest BCUT2D eigenvalue weighted by Gasteiger charge is -2.12. The first kappa shape index (κ1) is 26.7. The zero-order chi connectivity index (χ0) is 25.7. The normalized spacial score (nSPS) is 11.0. The van der Waals surface area contributed by atoms with Crippen LogP contribution in [0.1, 0.15) is 16.7 Å². The maximum Gasteiger partial charge on any atom is 0.272 e. The fraction of sp³-hybridized carbons (Fsp3) is 0.0833. The number of nitrogens with zero attached hydrogens (tertiary/aromatic N) is 2. The Labute approximate surface area is 227 Å². The summed E-state index contributed by atoms with van der Waals surface area (Å²) in [6.45, 7) is 2.36. The summed E-state index contributed by atoms with van der Waals surface area (Å²) in [5.41, 5.74) is 2.09. The second-order valence-corrected chi connectivity index (χ2v) is 9.78. The monoisotopic (exact) mass is 637 g/mol. The van der Waals surface area contributed by atoms with E-state index >= 15 is 0 Å². The molecule has 0 aliphatic rings. The first-order valence-corrected chi connectivity index (χ1v) is 12.2. The molecule has 3 rings (SSSR count). The quantitative estimate of drug-likeness (QED) is 0.123. The molecule has 0 unspecified atom stereocenters. The van der Waals surface area contributed by atoms with E-state index < -0.39 is 10.8 Å². The van der Waals surface area contributed by atoms with Crippen LogP contribution in [0.4, 0.5) is 11.4 Å². The number of hydrogen-bond acceptors (Lipinski definition) is 5. The lowest BCUT2D eigenvalue weighted by atomic mass is 10.1. The van der Waals surface area contributed by atoms with Crippen LogP contribution in [0.5, 0.6) is 5.75 Å². The Balaban J connectivity index is 1.81. The molecule has 1 amide bonds. The highest BCUT2D eigenvalue weighted by Gasteiger charge is 2.19. The van der Waals surface area contributed by atoms with Gasteiger partial charge in [-0.15, -0.1) is 0 Å². The number of carbonyl (C=O) groups is 1. The van der Waals surface area contributed by atoms with E-state index in [9.17, 15) is 20.2 Å². The van der Waals surface area contributed by atoms with Crippen LogP contribution in [0.3, 0.4) is 0 Å². The van der Waals surface area contributed by atoms with Crippen LogP contribution in [0.25, 0.3) is 6.08 Å². The van der Waals surface area contributed by atoms with Crippen molar-refractivity contribution in [2.24, 2.45) is 0 Å². The first-order chi connectivity index (χ1) is 16.6. The van der Waals surface area contributed by atoms with Gasteiger partial charge in [0.2, 0.25) is 0 Å². The molecular weight excluding hydrogens is 625 g/mol. The van der Waals surface area contributed by atoms with Gasteiger partial charge in [-0.2, -0.15) is 5.26 Å². The molecule has 0 saturated heterocycles. The molecule has 3 aromatic rings. The van der Waals surface area contributed by atoms with Gasteiger partial charge in [0, 0.05) is 12.1 Å². The molecular formula is C24H15Br2Cl2N3O4. The van der Waals surface area contributed by atoms with E-state index in [0.29, 0.717) is 26.9 Å². The second-order valence-electron chi connectivity index (χ2n) is 7.26. The highest BCUT2D eigenvalue weighted by Crippen LogP contribution is 2.37. The van der Waals surface area contributed by atoms with Gasteiger partial charge in [0.25, 0.3) is 11.6 Å². The molecule has 0 atom stereocenters. The van der Waals surface area contributed by atoms with Crippen LogP contribution in [-0.4, -0.2) is 10.8 Å². The Morgan fingerprint density at radius 3 is 2.34 bits per heavy atom. The molecule has 0 heterocycles. The number of rotatable bonds is 7. The van der Waals surface area contributed by atoms with Gasteiger partial charge in [-0.05, 0) is 68.1 Å². The summed E-state index contributed by atoms with van der Waals surface area (Å²) in [6.07, 6.45) is 1.38. The second kappa shape index (κ2) is 11.7. The van der Waals surface area contributed by atoms with E-state index in [0.717, 1.165) is 23.3 Å². The number of carbonyl (C=O) groups excluding carboxylic acids is 1. The fourth-order valence-electron chi connectivity index (χ4n) is 3.04. The molecule has 0 spiro atoms. The van der Waals surface area contributed by atoms with Gasteiger partial charge in [-0.1, -0.05) is 53.0 Å². The van der Waals surface area contributed by atoms with Crippen molar-refractivity contribution in [1.29, 1.82) is 5.26 Å². The standard InChI is InChI=1S/C24H15Br2Cl2N3O4/c1-13-3-2-4-14(5-13)12-35-23-18(25)7-15(8-19(23)26)6-16(11-29)24(32)30-22-20(27)9-17(31(33)34)10-21(22)28/h2-10H,12H2,1H3,(H,30,32)/b16-6+. The Morgan fingerprint density at radius 1 is 1.17 bits per heavy atom. The number of halogens is 4. The maximum absolute atomic E-state index is 12.7. The molecule has 0 aliphatic carbocycles. The number of nitro groups is 1. The van der Waals surface area contributed by atoms with Crippen molar-refractivity contribution in [3.63, 3.8) is 0 Å². The fourth-order valence-corrected chi connectivity index (χ4v) is 5.06. The molecule has 0 saturated carbocycles. The lowest BCUT2D eigenvalue weighted by Crippen LogP contribution is -2.14. The van der Waals surface area contributed by atoms with Gasteiger partial charge in [0.05, 0.1) is 29.6 Å². The number of benzene rings is 3. The van der Waals surface area contributed by atoms with E-state index in [4.69, 9.17) is 27.9 Å². The molecule has 0 bridgehead atoms. The predicted octanol–water partition coefficient (Wildman–Crippen LogP) is 7.86. The molecule has 11 heteroatoms. The summed E-state index contributed by atoms with van der Waals surface area (Å²) in [5, 5.41) is 22.6. The van der Waals surface area contributed by atoms with E-state index in [2.05, 4.69) is 37.2 Å². The van der Waals surface area contributed by atoms with Crippen LogP contribution < -0.4 is 10.1 Å². The highest BCUT2D eigenvalue weighted by molar-refractivity contribution is 9.11. The molecule has 0 aromatic heterocycles. The third-order valence-corrected chi connectivity index (χ3v) is 6.41. The van der Waals surface area contributed by atoms with Gasteiger partial charge in [0.1, 0.15) is 24.0 Å². The number of nitro benzene ring substituents is 1. The SMILES string of the molecule is Cc1cccc(COc2c(Br)cc(/C=C(\C#N)C(=O)Nc3c(Cl)cc([N+](=O)[O-])cc3Cl)cc2Br)c1. The summed E-state index contributed by atoms with van der Waals surface area (Å²) in [6, 6.07) is 15.3. The van der Waals surface area contributed by atoms with Crippen LogP contribution in [0.15, 0.2) is 63.0 Å². The maximum atomic E-state index is 12.7. The number of amides is 1. The van der Waals surface area contributed by atoms with Gasteiger partial charge < -0.3 is 10.1 Å². The van der Waals surface area contributed by atoms with Crippen LogP contribution in [0.2, 0.25) is 10.0 Å². The Kier molecular flexibility index (Phi) is 8.92. The number of aryl methyl sites for hydroxylation is 1. The van der Waals surface area contributed by atoms with Crippen molar-refractivity contribution in [2.45, 2.75) is 13.5 Å². The summed E-state index contributed by atoms with van der Waals surface area (Å²) in [5.74, 6) is -0.215. The van der Waals surface area contributed by atoms with E-state index in [-0.39, 0.29) is 27.0 Å². The van der Waals surface area contributed by atoms with Crippen LogP contribution in [0, 0.1) is 28.4 Å². The zero-order valence-electron chi connectivity index (χ0n) is 17.9. The lowest BCUT2D eigenvalue weighted by molar-refractivity contribution is -0.384. The van der Waals surface area contributed by atoms with E-state index in [1.165, 1.54) is 6.08 Å². The average Bonchev–Trinajstić information content (AvgIpc) is 2.79. The van der Waals surface area contributed by atoms with Crippen molar-refractivity contribution >= 4 is 78.4 Å². The number of anilines is 1. The van der Waals surface area contributed by atoms with Crippen molar-refractivity contribution in [3.8, 4) is 11.8 Å². The van der Waals surface area contributed by atoms with Gasteiger partial charge >= 0.3 is 0 Å². The van der Waals surface area contributed by atoms with Crippen molar-refractivity contribution < 1.29 is 14.5 Å². The van der Waals surface area contributed by atoms with Gasteiger partial charge in [0.15, 0.2) is 0 Å². The average molecular weight is 640 g/mol. The minimum absolute atomic E-state index is 0.0349. The number of hydrogen-bond donors (Lipinski definition) is 1. The smallest absolute Gasteiger partial charge is 0.272 e. The molecule has 35 heavy (non-hydrogen) atoms. The predicted molar refractivity (Wildman–Crippen MR) is 143 cm³/mol. The zero-order valence-corrected chi connectivity index (χ0v) is 22.6. The molecule has 0 aliphatic heterocycles. The minimum atomic E-state index is -0.780. The van der Waals surface area contributed by atoms with Crippen molar-refractivity contribution in [1.82, 2.24) is 0 Å². The summed E-state index contributed by atoms with van der Waals surface area (Å²) < 4.78 is 7.17. The van der Waals surface area contributed by atoms with E-state index in [1.54, 1.807) is 12.1 Å². The number of nitrogens with one attached hydrogen (secondary N) is 1. The number of nitriles is 1. The largest absolute Gasteiger partial charge is 0.487 e. The van der Waals surface area contributed by atoms with Crippen LogP contribution >= 0.6 is 55.1 Å². The molecule has 0 radical (unpaired) electrons. The Morgan fingerprint density at radius 2 is 1.80 bits per heavy atom. The van der Waals surface area contributed by atoms with Crippen molar-refractivity contribution in [3.05, 3.63) is 99.9 Å². The topological polar surface area (TPSA) is 105 Å². The highest BCUT2D eigenvalue weighted by atomic mass is 79.9. The summed E-state index contributed by atoms with van der Waals surface area (Å²) in [7, 11) is 0.